The molecule has 0 saturated heterocycles. The molecule has 1 rings (SSSR count). The van der Waals surface area contributed by atoms with E-state index in [9.17, 15) is 8.78 Å². The van der Waals surface area contributed by atoms with E-state index >= 15 is 0 Å². The summed E-state index contributed by atoms with van der Waals surface area (Å²) in [4.78, 5) is 0. The molecule has 0 heterocycles. The maximum Gasteiger partial charge on any atom is 0.242 e. The summed E-state index contributed by atoms with van der Waals surface area (Å²) in [6.07, 6.45) is -2.37. The summed E-state index contributed by atoms with van der Waals surface area (Å²) in [6, 6.07) is 8.74. The van der Waals surface area contributed by atoms with Gasteiger partial charge in [0.05, 0.1) is 0 Å². The Morgan fingerprint density at radius 2 is 1.70 bits per heavy atom. The van der Waals surface area contributed by atoms with Crippen molar-refractivity contribution < 1.29 is 8.78 Å². The van der Waals surface area contributed by atoms with E-state index in [4.69, 9.17) is 0 Å². The molecule has 0 aromatic heterocycles. The first kappa shape index (κ1) is 7.19. The van der Waals surface area contributed by atoms with Gasteiger partial charge in [-0.1, -0.05) is 30.3 Å². The molecule has 0 spiro atoms. The van der Waals surface area contributed by atoms with Crippen LogP contribution in [0.25, 0.3) is 0 Å². The summed E-state index contributed by atoms with van der Waals surface area (Å²) in [5.74, 6) is 0. The Morgan fingerprint density at radius 1 is 1.10 bits per heavy atom. The van der Waals surface area contributed by atoms with Crippen molar-refractivity contribution in [3.8, 4) is 0 Å². The average molecular weight is 142 g/mol. The third-order valence-electron chi connectivity index (χ3n) is 1.23. The van der Waals surface area contributed by atoms with Crippen LogP contribution in [0, 0.1) is 0 Å². The van der Waals surface area contributed by atoms with E-state index in [1.807, 2.05) is 6.07 Å². The molecule has 0 nitrogen and oxygen atoms in total. The van der Waals surface area contributed by atoms with Crippen molar-refractivity contribution in [2.45, 2.75) is 12.8 Å². The van der Waals surface area contributed by atoms with E-state index < -0.39 is 6.43 Å². The standard InChI is InChI=1S/C8H8F2/c9-8(10)6-7-4-2-1-3-5-7/h1-5,8H,6H2. The first-order valence-electron chi connectivity index (χ1n) is 3.11. The fraction of sp³-hybridized carbons (Fsp3) is 0.250. The number of hydrogen-bond donors (Lipinski definition) is 0. The van der Waals surface area contributed by atoms with E-state index in [1.165, 1.54) is 0 Å². The Hall–Kier alpha value is -0.920. The molecular weight excluding hydrogens is 134 g/mol. The largest absolute Gasteiger partial charge is 0.242 e. The Bertz CT molecular complexity index is 182. The topological polar surface area (TPSA) is 0 Å². The molecule has 0 aliphatic heterocycles. The Kier molecular flexibility index (Phi) is 2.37. The molecule has 0 amide bonds. The van der Waals surface area contributed by atoms with Crippen LogP contribution in [0.5, 0.6) is 0 Å². The van der Waals surface area contributed by atoms with Gasteiger partial charge >= 0.3 is 0 Å². The van der Waals surface area contributed by atoms with Crippen molar-refractivity contribution in [2.24, 2.45) is 0 Å². The Labute approximate surface area is 58.5 Å². The molecule has 0 radical (unpaired) electrons. The Balaban J connectivity index is 2.59. The molecule has 1 aromatic carbocycles. The lowest BCUT2D eigenvalue weighted by Gasteiger charge is -1.97. The molecule has 0 saturated carbocycles. The van der Waals surface area contributed by atoms with E-state index in [-0.39, 0.29) is 6.42 Å². The third kappa shape index (κ3) is 2.13. The zero-order valence-corrected chi connectivity index (χ0v) is 5.43. The first-order chi connectivity index (χ1) is 4.79. The summed E-state index contributed by atoms with van der Waals surface area (Å²) in [6.45, 7) is 0. The second-order valence-corrected chi connectivity index (χ2v) is 2.08. The van der Waals surface area contributed by atoms with Gasteiger partial charge < -0.3 is 0 Å². The highest BCUT2D eigenvalue weighted by molar-refractivity contribution is 5.14. The monoisotopic (exact) mass is 142 g/mol. The normalized spacial score (nSPS) is 10.3. The average Bonchev–Trinajstić information content (AvgIpc) is 1.88. The van der Waals surface area contributed by atoms with Crippen LogP contribution in [0.2, 0.25) is 0 Å². The molecule has 10 heavy (non-hydrogen) atoms. The quantitative estimate of drug-likeness (QED) is 0.595. The van der Waals surface area contributed by atoms with E-state index in [1.54, 1.807) is 24.3 Å². The van der Waals surface area contributed by atoms with Crippen molar-refractivity contribution in [2.75, 3.05) is 0 Å². The van der Waals surface area contributed by atoms with Gasteiger partial charge in [0.1, 0.15) is 0 Å². The van der Waals surface area contributed by atoms with Crippen LogP contribution in [0.1, 0.15) is 5.56 Å². The number of alkyl halides is 2. The number of rotatable bonds is 2. The molecule has 0 aliphatic rings. The predicted molar refractivity (Wildman–Crippen MR) is 36.2 cm³/mol. The molecule has 0 fully saturated rings. The number of hydrogen-bond acceptors (Lipinski definition) is 0. The van der Waals surface area contributed by atoms with Gasteiger partial charge in [-0.3, -0.25) is 0 Å². The smallest absolute Gasteiger partial charge is 0.210 e. The second kappa shape index (κ2) is 3.30. The number of benzene rings is 1. The van der Waals surface area contributed by atoms with Gasteiger partial charge in [0.15, 0.2) is 0 Å². The summed E-state index contributed by atoms with van der Waals surface area (Å²) >= 11 is 0. The first-order valence-corrected chi connectivity index (χ1v) is 3.11. The molecule has 0 aliphatic carbocycles. The van der Waals surface area contributed by atoms with Gasteiger partial charge in [-0.15, -0.1) is 0 Å². The van der Waals surface area contributed by atoms with Crippen LogP contribution >= 0.6 is 0 Å². The zero-order chi connectivity index (χ0) is 7.40. The van der Waals surface area contributed by atoms with Gasteiger partial charge in [0, 0.05) is 6.42 Å². The lowest BCUT2D eigenvalue weighted by atomic mass is 10.2. The lowest BCUT2D eigenvalue weighted by Crippen LogP contribution is -1.95. The highest BCUT2D eigenvalue weighted by Crippen LogP contribution is 2.05. The number of halogens is 2. The summed E-state index contributed by atoms with van der Waals surface area (Å²) in [5.41, 5.74) is 0.692. The van der Waals surface area contributed by atoms with E-state index in [2.05, 4.69) is 0 Å². The van der Waals surface area contributed by atoms with Gasteiger partial charge in [-0.25, -0.2) is 8.78 Å². The molecule has 0 N–H and O–H groups in total. The highest BCUT2D eigenvalue weighted by atomic mass is 19.3. The van der Waals surface area contributed by atoms with Crippen molar-refractivity contribution in [3.63, 3.8) is 0 Å². The SMILES string of the molecule is FC(F)Cc1ccccc1. The molecule has 54 valence electrons. The fourth-order valence-corrected chi connectivity index (χ4v) is 0.792. The van der Waals surface area contributed by atoms with Crippen LogP contribution in [-0.4, -0.2) is 6.43 Å². The summed E-state index contributed by atoms with van der Waals surface area (Å²) in [7, 11) is 0. The van der Waals surface area contributed by atoms with Crippen LogP contribution in [0.4, 0.5) is 8.78 Å². The van der Waals surface area contributed by atoms with E-state index in [0.29, 0.717) is 5.56 Å². The Morgan fingerprint density at radius 3 is 2.20 bits per heavy atom. The minimum absolute atomic E-state index is 0.138. The van der Waals surface area contributed by atoms with Crippen LogP contribution in [0.3, 0.4) is 0 Å². The molecule has 1 aromatic rings. The summed E-state index contributed by atoms with van der Waals surface area (Å²) < 4.78 is 23.4. The molecule has 0 atom stereocenters. The van der Waals surface area contributed by atoms with Gasteiger partial charge in [0.25, 0.3) is 0 Å². The second-order valence-electron chi connectivity index (χ2n) is 2.08. The van der Waals surface area contributed by atoms with E-state index in [0.717, 1.165) is 0 Å². The predicted octanol–water partition coefficient (Wildman–Crippen LogP) is 2.49. The lowest BCUT2D eigenvalue weighted by molar-refractivity contribution is 0.149. The molecule has 0 bridgehead atoms. The highest BCUT2D eigenvalue weighted by Gasteiger charge is 2.01. The minimum Gasteiger partial charge on any atom is -0.210 e. The minimum atomic E-state index is -2.23. The van der Waals surface area contributed by atoms with Crippen molar-refractivity contribution in [3.05, 3.63) is 35.9 Å². The maximum absolute atomic E-state index is 11.7. The van der Waals surface area contributed by atoms with Gasteiger partial charge in [-0.2, -0.15) is 0 Å². The van der Waals surface area contributed by atoms with Crippen LogP contribution in [-0.2, 0) is 6.42 Å². The van der Waals surface area contributed by atoms with Crippen molar-refractivity contribution in [1.82, 2.24) is 0 Å². The molecular formula is C8H8F2. The molecule has 0 unspecified atom stereocenters. The summed E-state index contributed by atoms with van der Waals surface area (Å²) in [5, 5.41) is 0. The van der Waals surface area contributed by atoms with Crippen LogP contribution < -0.4 is 0 Å². The van der Waals surface area contributed by atoms with Crippen molar-refractivity contribution in [1.29, 1.82) is 0 Å². The van der Waals surface area contributed by atoms with Crippen molar-refractivity contribution >= 4 is 0 Å². The van der Waals surface area contributed by atoms with Crippen LogP contribution in [0.15, 0.2) is 30.3 Å². The van der Waals surface area contributed by atoms with Gasteiger partial charge in [0.2, 0.25) is 6.43 Å². The fourth-order valence-electron chi connectivity index (χ4n) is 0.792. The third-order valence-corrected chi connectivity index (χ3v) is 1.23. The zero-order valence-electron chi connectivity index (χ0n) is 5.43. The molecule has 2 heteroatoms. The maximum atomic E-state index is 11.7. The van der Waals surface area contributed by atoms with Gasteiger partial charge in [-0.05, 0) is 5.56 Å².